The van der Waals surface area contributed by atoms with Gasteiger partial charge in [0.25, 0.3) is 0 Å². The van der Waals surface area contributed by atoms with Crippen LogP contribution in [0.5, 0.6) is 11.6 Å². The first-order valence-electron chi connectivity index (χ1n) is 11.2. The Kier molecular flexibility index (Phi) is 8.92. The highest BCUT2D eigenvalue weighted by Crippen LogP contribution is 2.33. The summed E-state index contributed by atoms with van der Waals surface area (Å²) < 4.78 is 40.9. The minimum absolute atomic E-state index is 0.0870. The topological polar surface area (TPSA) is 59.8 Å². The van der Waals surface area contributed by atoms with E-state index in [1.807, 2.05) is 51.1 Å². The molecule has 0 aliphatic rings. The van der Waals surface area contributed by atoms with E-state index in [2.05, 4.69) is 16.6 Å². The van der Waals surface area contributed by atoms with E-state index in [1.165, 1.54) is 6.07 Å². The summed E-state index contributed by atoms with van der Waals surface area (Å²) in [5, 5.41) is 15.1. The van der Waals surface area contributed by atoms with Crippen molar-refractivity contribution in [2.24, 2.45) is 0 Å². The second-order valence-corrected chi connectivity index (χ2v) is 8.30. The van der Waals surface area contributed by atoms with E-state index in [-0.39, 0.29) is 18.4 Å². The number of aliphatic hydroxyl groups excluding tert-OH is 1. The van der Waals surface area contributed by atoms with Crippen molar-refractivity contribution in [2.45, 2.75) is 39.5 Å². The summed E-state index contributed by atoms with van der Waals surface area (Å²) in [4.78, 5) is 2.06. The van der Waals surface area contributed by atoms with Crippen molar-refractivity contribution < 1.29 is 23.4 Å². The Morgan fingerprint density at radius 2 is 1.91 bits per heavy atom. The van der Waals surface area contributed by atoms with Crippen molar-refractivity contribution in [1.82, 2.24) is 14.7 Å². The second kappa shape index (κ2) is 11.9. The van der Waals surface area contributed by atoms with Crippen LogP contribution in [-0.2, 0) is 11.3 Å². The van der Waals surface area contributed by atoms with E-state index in [0.717, 1.165) is 23.4 Å². The van der Waals surface area contributed by atoms with E-state index in [9.17, 15) is 13.9 Å². The van der Waals surface area contributed by atoms with Crippen LogP contribution in [-0.4, -0.2) is 51.7 Å². The van der Waals surface area contributed by atoms with Crippen LogP contribution in [0.3, 0.4) is 0 Å². The molecule has 3 aromatic rings. The zero-order chi connectivity index (χ0) is 24.7. The lowest BCUT2D eigenvalue weighted by atomic mass is 10.2. The molecule has 0 aliphatic carbocycles. The molecule has 8 heteroatoms. The number of halogens is 2. The molecule has 0 aliphatic heterocycles. The molecule has 1 heterocycles. The molecule has 0 saturated carbocycles. The first-order valence-corrected chi connectivity index (χ1v) is 11.2. The molecule has 0 unspecified atom stereocenters. The van der Waals surface area contributed by atoms with Crippen LogP contribution in [0.4, 0.5) is 8.78 Å². The maximum Gasteiger partial charge on any atom is 0.227 e. The molecule has 0 spiro atoms. The van der Waals surface area contributed by atoms with Crippen molar-refractivity contribution >= 4 is 0 Å². The molecular formula is C26H31F2N3O3. The third-order valence-electron chi connectivity index (χ3n) is 5.32. The summed E-state index contributed by atoms with van der Waals surface area (Å²) in [5.74, 6) is -1.26. The Hall–Kier alpha value is -3.07. The van der Waals surface area contributed by atoms with Crippen LogP contribution in [0.2, 0.25) is 0 Å². The number of ether oxygens (including phenoxy) is 2. The van der Waals surface area contributed by atoms with Crippen LogP contribution in [0.1, 0.15) is 25.1 Å². The fourth-order valence-corrected chi connectivity index (χ4v) is 3.50. The maximum atomic E-state index is 14.5. The monoisotopic (exact) mass is 471 g/mol. The Bertz CT molecular complexity index is 1090. The van der Waals surface area contributed by atoms with Gasteiger partial charge in [-0.05, 0) is 45.0 Å². The minimum atomic E-state index is -0.806. The normalized spacial score (nSPS) is 12.4. The summed E-state index contributed by atoms with van der Waals surface area (Å²) >= 11 is 0. The number of rotatable bonds is 12. The van der Waals surface area contributed by atoms with Crippen LogP contribution >= 0.6 is 0 Å². The smallest absolute Gasteiger partial charge is 0.227 e. The van der Waals surface area contributed by atoms with Gasteiger partial charge in [0.2, 0.25) is 5.88 Å². The van der Waals surface area contributed by atoms with Gasteiger partial charge < -0.3 is 14.6 Å². The average molecular weight is 472 g/mol. The molecule has 1 N–H and O–H groups in total. The average Bonchev–Trinajstić information content (AvgIpc) is 3.11. The second-order valence-electron chi connectivity index (χ2n) is 8.30. The van der Waals surface area contributed by atoms with E-state index >= 15 is 0 Å². The third kappa shape index (κ3) is 6.50. The van der Waals surface area contributed by atoms with Crippen LogP contribution in [0.15, 0.2) is 61.2 Å². The highest BCUT2D eigenvalue weighted by Gasteiger charge is 2.24. The van der Waals surface area contributed by atoms with Crippen LogP contribution in [0, 0.1) is 18.6 Å². The standard InChI is InChI=1S/C26H31F2N3O3/c1-5-13-33-17-22(32)15-30(18(2)3)16-23-19(4)29-31(21-9-7-6-8-10-21)26(23)34-25-12-11-20(27)14-24(25)28/h5-12,14,18,22,32H,1,13,15-17H2,2-4H3/t22-/m1/s1. The lowest BCUT2D eigenvalue weighted by Gasteiger charge is -2.29. The van der Waals surface area contributed by atoms with E-state index < -0.39 is 17.7 Å². The number of nitrogens with zero attached hydrogens (tertiary/aromatic N) is 3. The van der Waals surface area contributed by atoms with E-state index in [4.69, 9.17) is 9.47 Å². The number of hydrogen-bond acceptors (Lipinski definition) is 5. The van der Waals surface area contributed by atoms with Gasteiger partial charge in [-0.25, -0.2) is 13.5 Å². The molecular weight excluding hydrogens is 440 g/mol. The van der Waals surface area contributed by atoms with Crippen LogP contribution < -0.4 is 4.74 Å². The Balaban J connectivity index is 1.96. The first-order chi connectivity index (χ1) is 16.3. The number of aryl methyl sites for hydroxylation is 1. The molecule has 0 amide bonds. The molecule has 2 aromatic carbocycles. The molecule has 0 fully saturated rings. The quantitative estimate of drug-likeness (QED) is 0.297. The number of hydrogen-bond donors (Lipinski definition) is 1. The molecule has 3 rings (SSSR count). The lowest BCUT2D eigenvalue weighted by Crippen LogP contribution is -2.39. The Labute approximate surface area is 199 Å². The minimum Gasteiger partial charge on any atom is -0.435 e. The van der Waals surface area contributed by atoms with Crippen molar-refractivity contribution in [3.05, 3.63) is 84.1 Å². The Morgan fingerprint density at radius 1 is 1.18 bits per heavy atom. The molecule has 1 atom stereocenters. The highest BCUT2D eigenvalue weighted by atomic mass is 19.1. The van der Waals surface area contributed by atoms with Crippen molar-refractivity contribution in [3.8, 4) is 17.3 Å². The van der Waals surface area contributed by atoms with Gasteiger partial charge in [-0.2, -0.15) is 5.10 Å². The molecule has 0 saturated heterocycles. The van der Waals surface area contributed by atoms with E-state index in [0.29, 0.717) is 31.3 Å². The van der Waals surface area contributed by atoms with Gasteiger partial charge in [0, 0.05) is 25.2 Å². The van der Waals surface area contributed by atoms with Gasteiger partial charge in [-0.3, -0.25) is 4.90 Å². The summed E-state index contributed by atoms with van der Waals surface area (Å²) in [5.41, 5.74) is 2.17. The maximum absolute atomic E-state index is 14.5. The summed E-state index contributed by atoms with van der Waals surface area (Å²) in [6, 6.07) is 12.6. The molecule has 0 bridgehead atoms. The largest absolute Gasteiger partial charge is 0.435 e. The van der Waals surface area contributed by atoms with Crippen molar-refractivity contribution in [1.29, 1.82) is 0 Å². The molecule has 6 nitrogen and oxygen atoms in total. The molecule has 1 aromatic heterocycles. The third-order valence-corrected chi connectivity index (χ3v) is 5.32. The summed E-state index contributed by atoms with van der Waals surface area (Å²) in [6.45, 7) is 10.8. The van der Waals surface area contributed by atoms with Gasteiger partial charge in [0.05, 0.1) is 36.3 Å². The SMILES string of the molecule is C=CCOC[C@H](O)CN(Cc1c(C)nn(-c2ccccc2)c1Oc1ccc(F)cc1F)C(C)C. The van der Waals surface area contributed by atoms with Crippen LogP contribution in [0.25, 0.3) is 5.69 Å². The number of para-hydroxylation sites is 1. The number of benzene rings is 2. The van der Waals surface area contributed by atoms with Gasteiger partial charge in [-0.15, -0.1) is 6.58 Å². The Morgan fingerprint density at radius 3 is 2.56 bits per heavy atom. The zero-order valence-corrected chi connectivity index (χ0v) is 19.7. The summed E-state index contributed by atoms with van der Waals surface area (Å²) in [7, 11) is 0. The van der Waals surface area contributed by atoms with Gasteiger partial charge >= 0.3 is 0 Å². The van der Waals surface area contributed by atoms with Gasteiger partial charge in [0.1, 0.15) is 5.82 Å². The highest BCUT2D eigenvalue weighted by molar-refractivity contribution is 5.43. The van der Waals surface area contributed by atoms with Crippen molar-refractivity contribution in [3.63, 3.8) is 0 Å². The zero-order valence-electron chi connectivity index (χ0n) is 19.7. The number of aliphatic hydroxyl groups is 1. The first kappa shape index (κ1) is 25.6. The summed E-state index contributed by atoms with van der Waals surface area (Å²) in [6.07, 6.45) is 0.928. The fourth-order valence-electron chi connectivity index (χ4n) is 3.50. The molecule has 34 heavy (non-hydrogen) atoms. The predicted octanol–water partition coefficient (Wildman–Crippen LogP) is 5.03. The van der Waals surface area contributed by atoms with Gasteiger partial charge in [0.15, 0.2) is 11.6 Å². The van der Waals surface area contributed by atoms with Gasteiger partial charge in [-0.1, -0.05) is 24.3 Å². The molecule has 182 valence electrons. The lowest BCUT2D eigenvalue weighted by molar-refractivity contribution is 0.0176. The predicted molar refractivity (Wildman–Crippen MR) is 127 cm³/mol. The van der Waals surface area contributed by atoms with Crippen molar-refractivity contribution in [2.75, 3.05) is 19.8 Å². The van der Waals surface area contributed by atoms with E-state index in [1.54, 1.807) is 10.8 Å². The molecule has 0 radical (unpaired) electrons. The number of aromatic nitrogens is 2. The fraction of sp³-hybridized carbons (Fsp3) is 0.346.